The van der Waals surface area contributed by atoms with Gasteiger partial charge in [0.2, 0.25) is 0 Å². The van der Waals surface area contributed by atoms with Crippen LogP contribution in [0.4, 0.5) is 0 Å². The summed E-state index contributed by atoms with van der Waals surface area (Å²) in [6.45, 7) is 6.59. The zero-order valence-electron chi connectivity index (χ0n) is 12.9. The molecule has 0 bridgehead atoms. The maximum absolute atomic E-state index is 4.44. The molecular weight excluding hydrogens is 274 g/mol. The summed E-state index contributed by atoms with van der Waals surface area (Å²) in [5.41, 5.74) is 1.16. The van der Waals surface area contributed by atoms with E-state index in [9.17, 15) is 0 Å². The monoisotopic (exact) mass is 297 g/mol. The molecule has 0 amide bonds. The van der Waals surface area contributed by atoms with Gasteiger partial charge in [0.15, 0.2) is 5.82 Å². The van der Waals surface area contributed by atoms with Gasteiger partial charge in [-0.15, -0.1) is 10.2 Å². The average molecular weight is 297 g/mol. The van der Waals surface area contributed by atoms with Crippen LogP contribution < -0.4 is 5.32 Å². The number of nitrogens with one attached hydrogen (secondary N) is 1. The number of benzene rings is 1. The van der Waals surface area contributed by atoms with Gasteiger partial charge in [-0.3, -0.25) is 4.90 Å². The zero-order valence-corrected chi connectivity index (χ0v) is 12.9. The van der Waals surface area contributed by atoms with Gasteiger partial charge in [-0.2, -0.15) is 0 Å². The molecule has 0 spiro atoms. The largest absolute Gasteiger partial charge is 0.317 e. The molecule has 0 unspecified atom stereocenters. The van der Waals surface area contributed by atoms with Gasteiger partial charge in [-0.1, -0.05) is 30.3 Å². The first-order valence-corrected chi connectivity index (χ1v) is 8.31. The van der Waals surface area contributed by atoms with Crippen molar-refractivity contribution in [2.24, 2.45) is 5.92 Å². The van der Waals surface area contributed by atoms with E-state index < -0.39 is 0 Å². The SMILES string of the molecule is c1ccc(-c2nnc3n2CCN(CC2CCNCC2)C3)cc1. The lowest BCUT2D eigenvalue weighted by Gasteiger charge is -2.32. The molecule has 0 radical (unpaired) electrons. The lowest BCUT2D eigenvalue weighted by atomic mass is 9.97. The standard InChI is InChI=1S/C17H23N5/c1-2-4-15(5-3-1)17-20-19-16-13-21(10-11-22(16)17)12-14-6-8-18-9-7-14/h1-5,14,18H,6-13H2. The Bertz CT molecular complexity index is 615. The number of hydrogen-bond donors (Lipinski definition) is 1. The van der Waals surface area contributed by atoms with Crippen LogP contribution in [0.1, 0.15) is 18.7 Å². The van der Waals surface area contributed by atoms with Crippen molar-refractivity contribution in [3.05, 3.63) is 36.2 Å². The molecule has 1 aromatic heterocycles. The van der Waals surface area contributed by atoms with Gasteiger partial charge in [-0.25, -0.2) is 0 Å². The molecule has 0 atom stereocenters. The summed E-state index contributed by atoms with van der Waals surface area (Å²) in [5.74, 6) is 2.96. The van der Waals surface area contributed by atoms with Crippen LogP contribution in [0.25, 0.3) is 11.4 Å². The first-order valence-electron chi connectivity index (χ1n) is 8.31. The first-order chi connectivity index (χ1) is 10.9. The Hall–Kier alpha value is -1.72. The molecule has 22 heavy (non-hydrogen) atoms. The number of rotatable bonds is 3. The van der Waals surface area contributed by atoms with E-state index in [-0.39, 0.29) is 0 Å². The Kier molecular flexibility index (Phi) is 3.91. The molecule has 2 aromatic rings. The Balaban J connectivity index is 1.47. The molecule has 1 fully saturated rings. The van der Waals surface area contributed by atoms with Crippen molar-refractivity contribution in [1.29, 1.82) is 0 Å². The second kappa shape index (κ2) is 6.18. The van der Waals surface area contributed by atoms with E-state index in [1.807, 2.05) is 6.07 Å². The van der Waals surface area contributed by atoms with Crippen LogP contribution in [-0.4, -0.2) is 45.8 Å². The Labute approximate surface area is 131 Å². The number of fused-ring (bicyclic) bond motifs is 1. The van der Waals surface area contributed by atoms with E-state index in [2.05, 4.69) is 49.2 Å². The van der Waals surface area contributed by atoms with Crippen LogP contribution in [0.3, 0.4) is 0 Å². The van der Waals surface area contributed by atoms with Crippen LogP contribution >= 0.6 is 0 Å². The normalized spacial score (nSPS) is 20.0. The van der Waals surface area contributed by atoms with E-state index in [1.165, 1.54) is 32.5 Å². The van der Waals surface area contributed by atoms with Crippen molar-refractivity contribution >= 4 is 0 Å². The Morgan fingerprint density at radius 3 is 2.68 bits per heavy atom. The predicted molar refractivity (Wildman–Crippen MR) is 86.3 cm³/mol. The molecule has 2 aliphatic heterocycles. The third-order valence-electron chi connectivity index (χ3n) is 4.84. The molecule has 1 saturated heterocycles. The maximum Gasteiger partial charge on any atom is 0.164 e. The minimum absolute atomic E-state index is 0.837. The summed E-state index contributed by atoms with van der Waals surface area (Å²) in [6.07, 6.45) is 2.61. The van der Waals surface area contributed by atoms with E-state index in [0.717, 1.165) is 42.8 Å². The van der Waals surface area contributed by atoms with Crippen molar-refractivity contribution < 1.29 is 0 Å². The third kappa shape index (κ3) is 2.78. The van der Waals surface area contributed by atoms with Gasteiger partial charge in [-0.05, 0) is 31.8 Å². The molecule has 4 rings (SSSR count). The Morgan fingerprint density at radius 2 is 1.86 bits per heavy atom. The number of piperidine rings is 1. The van der Waals surface area contributed by atoms with Crippen molar-refractivity contribution in [3.8, 4) is 11.4 Å². The molecule has 2 aliphatic rings. The summed E-state index contributed by atoms with van der Waals surface area (Å²) in [7, 11) is 0. The zero-order chi connectivity index (χ0) is 14.8. The molecule has 116 valence electrons. The summed E-state index contributed by atoms with van der Waals surface area (Å²) >= 11 is 0. The van der Waals surface area contributed by atoms with Crippen LogP contribution in [0, 0.1) is 5.92 Å². The van der Waals surface area contributed by atoms with Crippen molar-refractivity contribution in [2.45, 2.75) is 25.9 Å². The maximum atomic E-state index is 4.44. The van der Waals surface area contributed by atoms with Crippen LogP contribution in [0.5, 0.6) is 0 Å². The quantitative estimate of drug-likeness (QED) is 0.938. The highest BCUT2D eigenvalue weighted by molar-refractivity contribution is 5.55. The smallest absolute Gasteiger partial charge is 0.164 e. The molecule has 0 aliphatic carbocycles. The summed E-state index contributed by atoms with van der Waals surface area (Å²) < 4.78 is 2.29. The van der Waals surface area contributed by atoms with Gasteiger partial charge < -0.3 is 9.88 Å². The van der Waals surface area contributed by atoms with E-state index in [0.29, 0.717) is 0 Å². The molecule has 1 N–H and O–H groups in total. The number of hydrogen-bond acceptors (Lipinski definition) is 4. The van der Waals surface area contributed by atoms with E-state index in [4.69, 9.17) is 0 Å². The highest BCUT2D eigenvalue weighted by Crippen LogP contribution is 2.23. The van der Waals surface area contributed by atoms with Gasteiger partial charge in [0, 0.05) is 25.2 Å². The van der Waals surface area contributed by atoms with Gasteiger partial charge in [0.1, 0.15) is 5.82 Å². The minimum Gasteiger partial charge on any atom is -0.317 e. The first kappa shape index (κ1) is 13.9. The minimum atomic E-state index is 0.837. The fourth-order valence-corrected chi connectivity index (χ4v) is 3.59. The molecule has 5 nitrogen and oxygen atoms in total. The molecular formula is C17H23N5. The van der Waals surface area contributed by atoms with Gasteiger partial charge in [0.25, 0.3) is 0 Å². The third-order valence-corrected chi connectivity index (χ3v) is 4.84. The predicted octanol–water partition coefficient (Wildman–Crippen LogP) is 1.76. The molecule has 3 heterocycles. The second-order valence-electron chi connectivity index (χ2n) is 6.39. The highest BCUT2D eigenvalue weighted by atomic mass is 15.3. The second-order valence-corrected chi connectivity index (χ2v) is 6.39. The lowest BCUT2D eigenvalue weighted by Crippen LogP contribution is -2.40. The summed E-state index contributed by atoms with van der Waals surface area (Å²) in [6, 6.07) is 10.4. The number of aromatic nitrogens is 3. The van der Waals surface area contributed by atoms with Gasteiger partial charge >= 0.3 is 0 Å². The van der Waals surface area contributed by atoms with Gasteiger partial charge in [0.05, 0.1) is 6.54 Å². The van der Waals surface area contributed by atoms with Crippen LogP contribution in [0.15, 0.2) is 30.3 Å². The average Bonchev–Trinajstić information content (AvgIpc) is 3.00. The van der Waals surface area contributed by atoms with Crippen molar-refractivity contribution in [1.82, 2.24) is 25.0 Å². The van der Waals surface area contributed by atoms with Crippen LogP contribution in [-0.2, 0) is 13.1 Å². The lowest BCUT2D eigenvalue weighted by molar-refractivity contribution is 0.168. The topological polar surface area (TPSA) is 46.0 Å². The number of nitrogens with zero attached hydrogens (tertiary/aromatic N) is 4. The summed E-state index contributed by atoms with van der Waals surface area (Å²) in [5, 5.41) is 12.3. The van der Waals surface area contributed by atoms with Crippen molar-refractivity contribution in [3.63, 3.8) is 0 Å². The highest BCUT2D eigenvalue weighted by Gasteiger charge is 2.24. The molecule has 5 heteroatoms. The summed E-state index contributed by atoms with van der Waals surface area (Å²) in [4.78, 5) is 2.55. The van der Waals surface area contributed by atoms with Crippen LogP contribution in [0.2, 0.25) is 0 Å². The molecule has 1 aromatic carbocycles. The fraction of sp³-hybridized carbons (Fsp3) is 0.529. The van der Waals surface area contributed by atoms with E-state index >= 15 is 0 Å². The van der Waals surface area contributed by atoms with E-state index in [1.54, 1.807) is 0 Å². The van der Waals surface area contributed by atoms with Crippen molar-refractivity contribution in [2.75, 3.05) is 26.2 Å². The Morgan fingerprint density at radius 1 is 1.05 bits per heavy atom. The molecule has 0 saturated carbocycles. The fourth-order valence-electron chi connectivity index (χ4n) is 3.59.